The first-order chi connectivity index (χ1) is 8.74. The van der Waals surface area contributed by atoms with E-state index in [0.717, 1.165) is 12.5 Å². The lowest BCUT2D eigenvalue weighted by Gasteiger charge is -2.36. The average Bonchev–Trinajstić information content (AvgIpc) is 2.39. The van der Waals surface area contributed by atoms with Crippen LogP contribution in [0.25, 0.3) is 0 Å². The van der Waals surface area contributed by atoms with Crippen molar-refractivity contribution >= 4 is 0 Å². The first-order valence-electron chi connectivity index (χ1n) is 7.36. The van der Waals surface area contributed by atoms with Gasteiger partial charge in [-0.1, -0.05) is 32.3 Å². The van der Waals surface area contributed by atoms with Crippen molar-refractivity contribution in [2.75, 3.05) is 6.54 Å². The van der Waals surface area contributed by atoms with Crippen LogP contribution in [-0.2, 0) is 0 Å². The van der Waals surface area contributed by atoms with E-state index in [0.29, 0.717) is 11.8 Å². The highest BCUT2D eigenvalue weighted by atomic mass is 14.6. The lowest BCUT2D eigenvalue weighted by Crippen LogP contribution is -2.29. The molecule has 1 heterocycles. The molecule has 0 bridgehead atoms. The lowest BCUT2D eigenvalue weighted by molar-refractivity contribution is 0.230. The van der Waals surface area contributed by atoms with Crippen molar-refractivity contribution in [3.05, 3.63) is 29.6 Å². The van der Waals surface area contributed by atoms with Crippen LogP contribution in [0.1, 0.15) is 56.1 Å². The number of nitrogens with two attached hydrogens (primary N) is 1. The molecule has 0 aliphatic heterocycles. The quantitative estimate of drug-likeness (QED) is 0.880. The molecule has 0 amide bonds. The average molecular weight is 246 g/mol. The molecular formula is C16H26N2. The Bertz CT molecular complexity index is 375. The zero-order valence-corrected chi connectivity index (χ0v) is 11.7. The summed E-state index contributed by atoms with van der Waals surface area (Å²) in [6, 6.07) is 2.30. The summed E-state index contributed by atoms with van der Waals surface area (Å²) in [4.78, 5) is 4.36. The van der Waals surface area contributed by atoms with Gasteiger partial charge in [0, 0.05) is 12.4 Å². The molecule has 3 unspecified atom stereocenters. The highest BCUT2D eigenvalue weighted by molar-refractivity contribution is 5.22. The zero-order valence-electron chi connectivity index (χ0n) is 11.7. The maximum absolute atomic E-state index is 5.97. The minimum absolute atomic E-state index is 0.632. The van der Waals surface area contributed by atoms with Crippen LogP contribution in [0.3, 0.4) is 0 Å². The standard InChI is InChI=1S/C16H26N2/c1-3-4-13-5-6-14(9-17)16(8-13)15-7-12(2)10-18-11-15/h7,10-11,13-14,16H,3-6,8-9,17H2,1-2H3. The maximum Gasteiger partial charge on any atom is 0.0303 e. The molecule has 1 aromatic rings. The van der Waals surface area contributed by atoms with E-state index in [4.69, 9.17) is 5.73 Å². The Hall–Kier alpha value is -0.890. The van der Waals surface area contributed by atoms with Crippen molar-refractivity contribution in [1.29, 1.82) is 0 Å². The fourth-order valence-corrected chi connectivity index (χ4v) is 3.46. The van der Waals surface area contributed by atoms with E-state index in [2.05, 4.69) is 31.1 Å². The SMILES string of the molecule is CCCC1CCC(CN)C(c2cncc(C)c2)C1. The lowest BCUT2D eigenvalue weighted by atomic mass is 9.70. The minimum Gasteiger partial charge on any atom is -0.330 e. The maximum atomic E-state index is 5.97. The van der Waals surface area contributed by atoms with Crippen LogP contribution >= 0.6 is 0 Å². The molecule has 2 nitrogen and oxygen atoms in total. The molecule has 1 aliphatic carbocycles. The number of nitrogens with zero attached hydrogens (tertiary/aromatic N) is 1. The van der Waals surface area contributed by atoms with Gasteiger partial charge in [-0.2, -0.15) is 0 Å². The van der Waals surface area contributed by atoms with Gasteiger partial charge in [-0.3, -0.25) is 4.98 Å². The van der Waals surface area contributed by atoms with E-state index in [1.165, 1.54) is 43.2 Å². The van der Waals surface area contributed by atoms with Gasteiger partial charge in [0.2, 0.25) is 0 Å². The van der Waals surface area contributed by atoms with Crippen LogP contribution in [0, 0.1) is 18.8 Å². The molecule has 1 aromatic heterocycles. The van der Waals surface area contributed by atoms with Gasteiger partial charge in [-0.25, -0.2) is 0 Å². The van der Waals surface area contributed by atoms with Crippen molar-refractivity contribution in [3.8, 4) is 0 Å². The molecule has 0 spiro atoms. The first kappa shape index (κ1) is 13.5. The minimum atomic E-state index is 0.632. The van der Waals surface area contributed by atoms with Crippen LogP contribution in [-0.4, -0.2) is 11.5 Å². The highest BCUT2D eigenvalue weighted by Crippen LogP contribution is 2.41. The Morgan fingerprint density at radius 2 is 2.17 bits per heavy atom. The van der Waals surface area contributed by atoms with Crippen molar-refractivity contribution in [3.63, 3.8) is 0 Å². The number of pyridine rings is 1. The summed E-state index contributed by atoms with van der Waals surface area (Å²) in [5, 5.41) is 0. The number of hydrogen-bond donors (Lipinski definition) is 1. The molecule has 2 rings (SSSR count). The predicted octanol–water partition coefficient (Wildman–Crippen LogP) is 3.65. The van der Waals surface area contributed by atoms with Crippen LogP contribution in [0.15, 0.2) is 18.5 Å². The van der Waals surface area contributed by atoms with Gasteiger partial charge in [0.05, 0.1) is 0 Å². The Labute approximate surface area is 111 Å². The third-order valence-corrected chi connectivity index (χ3v) is 4.43. The van der Waals surface area contributed by atoms with Crippen LogP contribution in [0.4, 0.5) is 0 Å². The van der Waals surface area contributed by atoms with Gasteiger partial charge >= 0.3 is 0 Å². The number of aryl methyl sites for hydroxylation is 1. The number of rotatable bonds is 4. The predicted molar refractivity (Wildman–Crippen MR) is 76.5 cm³/mol. The van der Waals surface area contributed by atoms with E-state index in [-0.39, 0.29) is 0 Å². The second-order valence-corrected chi connectivity index (χ2v) is 5.87. The molecule has 18 heavy (non-hydrogen) atoms. The molecule has 1 aliphatic rings. The molecular weight excluding hydrogens is 220 g/mol. The molecule has 3 atom stereocenters. The fraction of sp³-hybridized carbons (Fsp3) is 0.688. The molecule has 1 fully saturated rings. The van der Waals surface area contributed by atoms with Crippen LogP contribution in [0.2, 0.25) is 0 Å². The summed E-state index contributed by atoms with van der Waals surface area (Å²) in [6.45, 7) is 5.23. The smallest absolute Gasteiger partial charge is 0.0303 e. The van der Waals surface area contributed by atoms with E-state index < -0.39 is 0 Å². The van der Waals surface area contributed by atoms with Crippen molar-refractivity contribution in [2.45, 2.75) is 51.9 Å². The van der Waals surface area contributed by atoms with Gasteiger partial charge < -0.3 is 5.73 Å². The Kier molecular flexibility index (Phi) is 4.76. The molecule has 0 aromatic carbocycles. The zero-order chi connectivity index (χ0) is 13.0. The van der Waals surface area contributed by atoms with Crippen molar-refractivity contribution < 1.29 is 0 Å². The Morgan fingerprint density at radius 3 is 2.83 bits per heavy atom. The first-order valence-corrected chi connectivity index (χ1v) is 7.36. The summed E-state index contributed by atoms with van der Waals surface area (Å²) in [6.07, 6.45) is 10.6. The second kappa shape index (κ2) is 6.33. The molecule has 2 heteroatoms. The summed E-state index contributed by atoms with van der Waals surface area (Å²) >= 11 is 0. The number of hydrogen-bond acceptors (Lipinski definition) is 2. The van der Waals surface area contributed by atoms with E-state index in [1.54, 1.807) is 0 Å². The topological polar surface area (TPSA) is 38.9 Å². The van der Waals surface area contributed by atoms with Crippen molar-refractivity contribution in [2.24, 2.45) is 17.6 Å². The van der Waals surface area contributed by atoms with Gasteiger partial charge in [0.25, 0.3) is 0 Å². The highest BCUT2D eigenvalue weighted by Gasteiger charge is 2.30. The molecule has 100 valence electrons. The van der Waals surface area contributed by atoms with E-state index in [9.17, 15) is 0 Å². The number of aromatic nitrogens is 1. The van der Waals surface area contributed by atoms with Crippen LogP contribution < -0.4 is 5.73 Å². The molecule has 0 radical (unpaired) electrons. The fourth-order valence-electron chi connectivity index (χ4n) is 3.46. The van der Waals surface area contributed by atoms with Gasteiger partial charge in [0.1, 0.15) is 0 Å². The van der Waals surface area contributed by atoms with E-state index in [1.807, 2.05) is 6.20 Å². The summed E-state index contributed by atoms with van der Waals surface area (Å²) in [5.74, 6) is 2.18. The third-order valence-electron chi connectivity index (χ3n) is 4.43. The molecule has 1 saturated carbocycles. The largest absolute Gasteiger partial charge is 0.330 e. The normalized spacial score (nSPS) is 28.3. The monoisotopic (exact) mass is 246 g/mol. The molecule has 0 saturated heterocycles. The van der Waals surface area contributed by atoms with Gasteiger partial charge in [-0.05, 0) is 55.2 Å². The summed E-state index contributed by atoms with van der Waals surface area (Å²) in [5.41, 5.74) is 8.64. The summed E-state index contributed by atoms with van der Waals surface area (Å²) in [7, 11) is 0. The molecule has 2 N–H and O–H groups in total. The Morgan fingerprint density at radius 1 is 1.33 bits per heavy atom. The summed E-state index contributed by atoms with van der Waals surface area (Å²) < 4.78 is 0. The van der Waals surface area contributed by atoms with Crippen molar-refractivity contribution in [1.82, 2.24) is 4.98 Å². The Balaban J connectivity index is 2.15. The van der Waals surface area contributed by atoms with Gasteiger partial charge in [-0.15, -0.1) is 0 Å². The third kappa shape index (κ3) is 3.11. The van der Waals surface area contributed by atoms with Gasteiger partial charge in [0.15, 0.2) is 0 Å². The second-order valence-electron chi connectivity index (χ2n) is 5.87. The van der Waals surface area contributed by atoms with E-state index >= 15 is 0 Å². The van der Waals surface area contributed by atoms with Crippen LogP contribution in [0.5, 0.6) is 0 Å².